The molecule has 0 saturated carbocycles. The fourth-order valence-electron chi connectivity index (χ4n) is 3.23. The minimum Gasteiger partial charge on any atom is -0.390 e. The largest absolute Gasteiger partial charge is 0.390 e. The van der Waals surface area contributed by atoms with E-state index in [0.29, 0.717) is 6.04 Å². The Morgan fingerprint density at radius 2 is 1.90 bits per heavy atom. The SMILES string of the molecule is CC(C)N1CCCC(O)(CCCc2ccccc2)CC1. The normalized spacial score (nSPS) is 24.8. The zero-order valence-electron chi connectivity index (χ0n) is 13.0. The molecule has 1 saturated heterocycles. The molecule has 2 rings (SSSR count). The van der Waals surface area contributed by atoms with Crippen LogP contribution in [0.15, 0.2) is 30.3 Å². The van der Waals surface area contributed by atoms with Crippen molar-refractivity contribution >= 4 is 0 Å². The lowest BCUT2D eigenvalue weighted by molar-refractivity contribution is 0.0145. The number of nitrogens with zero attached hydrogens (tertiary/aromatic N) is 1. The summed E-state index contributed by atoms with van der Waals surface area (Å²) in [5.41, 5.74) is 0.951. The summed E-state index contributed by atoms with van der Waals surface area (Å²) in [5.74, 6) is 0. The van der Waals surface area contributed by atoms with E-state index in [1.54, 1.807) is 0 Å². The zero-order valence-corrected chi connectivity index (χ0v) is 13.0. The summed E-state index contributed by atoms with van der Waals surface area (Å²) in [7, 11) is 0. The quantitative estimate of drug-likeness (QED) is 0.887. The van der Waals surface area contributed by atoms with Gasteiger partial charge in [-0.05, 0) is 64.5 Å². The third-order valence-electron chi connectivity index (χ3n) is 4.63. The Kier molecular flexibility index (Phi) is 5.62. The van der Waals surface area contributed by atoms with Gasteiger partial charge in [0.2, 0.25) is 0 Å². The number of aryl methyl sites for hydroxylation is 1. The summed E-state index contributed by atoms with van der Waals surface area (Å²) in [6, 6.07) is 11.2. The van der Waals surface area contributed by atoms with E-state index in [4.69, 9.17) is 0 Å². The molecule has 1 aromatic carbocycles. The maximum Gasteiger partial charge on any atom is 0.0660 e. The van der Waals surface area contributed by atoms with Gasteiger partial charge in [-0.3, -0.25) is 0 Å². The third kappa shape index (κ3) is 4.60. The lowest BCUT2D eigenvalue weighted by atomic mass is 9.88. The Hall–Kier alpha value is -0.860. The second kappa shape index (κ2) is 7.24. The van der Waals surface area contributed by atoms with Crippen molar-refractivity contribution in [3.63, 3.8) is 0 Å². The van der Waals surface area contributed by atoms with Crippen molar-refractivity contribution in [1.82, 2.24) is 4.90 Å². The van der Waals surface area contributed by atoms with Gasteiger partial charge in [-0.2, -0.15) is 0 Å². The van der Waals surface area contributed by atoms with E-state index in [1.165, 1.54) is 5.56 Å². The first kappa shape index (κ1) is 15.5. The van der Waals surface area contributed by atoms with E-state index in [0.717, 1.165) is 51.6 Å². The molecule has 0 bridgehead atoms. The molecular weight excluding hydrogens is 246 g/mol. The van der Waals surface area contributed by atoms with Crippen LogP contribution in [-0.2, 0) is 6.42 Å². The van der Waals surface area contributed by atoms with E-state index in [1.807, 2.05) is 0 Å². The average Bonchev–Trinajstić information content (AvgIpc) is 2.62. The van der Waals surface area contributed by atoms with E-state index < -0.39 is 5.60 Å². The minimum atomic E-state index is -0.432. The summed E-state index contributed by atoms with van der Waals surface area (Å²) in [4.78, 5) is 2.50. The number of aliphatic hydroxyl groups is 1. The van der Waals surface area contributed by atoms with Crippen LogP contribution in [-0.4, -0.2) is 34.7 Å². The van der Waals surface area contributed by atoms with Gasteiger partial charge in [0.15, 0.2) is 0 Å². The van der Waals surface area contributed by atoms with Gasteiger partial charge in [-0.25, -0.2) is 0 Å². The Labute approximate surface area is 123 Å². The number of likely N-dealkylation sites (tertiary alicyclic amines) is 1. The zero-order chi connectivity index (χ0) is 14.4. The molecule has 1 fully saturated rings. The lowest BCUT2D eigenvalue weighted by Gasteiger charge is -2.28. The summed E-state index contributed by atoms with van der Waals surface area (Å²) in [6.07, 6.45) is 6.12. The predicted molar refractivity (Wildman–Crippen MR) is 84.9 cm³/mol. The van der Waals surface area contributed by atoms with Crippen LogP contribution in [0.25, 0.3) is 0 Å². The van der Waals surface area contributed by atoms with Crippen molar-refractivity contribution in [2.75, 3.05) is 13.1 Å². The summed E-state index contributed by atoms with van der Waals surface area (Å²) >= 11 is 0. The van der Waals surface area contributed by atoms with Crippen LogP contribution in [0.1, 0.15) is 51.5 Å². The molecule has 0 radical (unpaired) electrons. The second-order valence-electron chi connectivity index (χ2n) is 6.55. The molecule has 1 aliphatic rings. The molecule has 0 aliphatic carbocycles. The van der Waals surface area contributed by atoms with Crippen LogP contribution in [0.5, 0.6) is 0 Å². The smallest absolute Gasteiger partial charge is 0.0660 e. The summed E-state index contributed by atoms with van der Waals surface area (Å²) < 4.78 is 0. The van der Waals surface area contributed by atoms with Gasteiger partial charge in [0.1, 0.15) is 0 Å². The van der Waals surface area contributed by atoms with Gasteiger partial charge in [-0.15, -0.1) is 0 Å². The summed E-state index contributed by atoms with van der Waals surface area (Å²) in [6.45, 7) is 6.68. The molecule has 1 aromatic rings. The molecule has 0 spiro atoms. The van der Waals surface area contributed by atoms with E-state index in [-0.39, 0.29) is 0 Å². The van der Waals surface area contributed by atoms with Gasteiger partial charge >= 0.3 is 0 Å². The van der Waals surface area contributed by atoms with Gasteiger partial charge in [0.05, 0.1) is 5.60 Å². The average molecular weight is 275 g/mol. The first-order chi connectivity index (χ1) is 9.59. The molecule has 20 heavy (non-hydrogen) atoms. The minimum absolute atomic E-state index is 0.432. The van der Waals surface area contributed by atoms with Crippen molar-refractivity contribution in [3.8, 4) is 0 Å². The van der Waals surface area contributed by atoms with Crippen molar-refractivity contribution < 1.29 is 5.11 Å². The predicted octanol–water partition coefficient (Wildman–Crippen LogP) is 3.63. The summed E-state index contributed by atoms with van der Waals surface area (Å²) in [5, 5.41) is 10.8. The molecule has 1 unspecified atom stereocenters. The Morgan fingerprint density at radius 3 is 2.60 bits per heavy atom. The fraction of sp³-hybridized carbons (Fsp3) is 0.667. The molecule has 2 heteroatoms. The van der Waals surface area contributed by atoms with Crippen LogP contribution in [0.4, 0.5) is 0 Å². The van der Waals surface area contributed by atoms with Crippen LogP contribution in [0.2, 0.25) is 0 Å². The molecular formula is C18H29NO. The third-order valence-corrected chi connectivity index (χ3v) is 4.63. The van der Waals surface area contributed by atoms with E-state index >= 15 is 0 Å². The fourth-order valence-corrected chi connectivity index (χ4v) is 3.23. The molecule has 112 valence electrons. The monoisotopic (exact) mass is 275 g/mol. The second-order valence-corrected chi connectivity index (χ2v) is 6.55. The first-order valence-corrected chi connectivity index (χ1v) is 8.09. The topological polar surface area (TPSA) is 23.5 Å². The highest BCUT2D eigenvalue weighted by atomic mass is 16.3. The molecule has 1 aliphatic heterocycles. The van der Waals surface area contributed by atoms with Gasteiger partial charge in [0.25, 0.3) is 0 Å². The molecule has 2 nitrogen and oxygen atoms in total. The Balaban J connectivity index is 1.79. The number of hydrogen-bond donors (Lipinski definition) is 1. The molecule has 1 heterocycles. The highest BCUT2D eigenvalue weighted by Crippen LogP contribution is 2.28. The maximum atomic E-state index is 10.8. The molecule has 1 atom stereocenters. The standard InChI is InChI=1S/C18H29NO/c1-16(2)19-14-7-12-18(20,13-15-19)11-6-10-17-8-4-3-5-9-17/h3-5,8-9,16,20H,6-7,10-15H2,1-2H3. The molecule has 0 aromatic heterocycles. The maximum absolute atomic E-state index is 10.8. The van der Waals surface area contributed by atoms with Crippen molar-refractivity contribution in [2.24, 2.45) is 0 Å². The van der Waals surface area contributed by atoms with Crippen molar-refractivity contribution in [3.05, 3.63) is 35.9 Å². The van der Waals surface area contributed by atoms with Crippen LogP contribution in [0, 0.1) is 0 Å². The van der Waals surface area contributed by atoms with Crippen molar-refractivity contribution in [2.45, 2.75) is 64.0 Å². The first-order valence-electron chi connectivity index (χ1n) is 8.09. The Bertz CT molecular complexity index is 390. The van der Waals surface area contributed by atoms with Crippen LogP contribution < -0.4 is 0 Å². The van der Waals surface area contributed by atoms with E-state index in [9.17, 15) is 5.11 Å². The Morgan fingerprint density at radius 1 is 1.15 bits per heavy atom. The number of hydrogen-bond acceptors (Lipinski definition) is 2. The molecule has 1 N–H and O–H groups in total. The highest BCUT2D eigenvalue weighted by molar-refractivity contribution is 5.14. The van der Waals surface area contributed by atoms with E-state index in [2.05, 4.69) is 49.1 Å². The van der Waals surface area contributed by atoms with Gasteiger partial charge < -0.3 is 10.0 Å². The molecule has 0 amide bonds. The van der Waals surface area contributed by atoms with Crippen LogP contribution >= 0.6 is 0 Å². The lowest BCUT2D eigenvalue weighted by Crippen LogP contribution is -2.34. The van der Waals surface area contributed by atoms with Gasteiger partial charge in [-0.1, -0.05) is 30.3 Å². The number of benzene rings is 1. The van der Waals surface area contributed by atoms with Crippen molar-refractivity contribution in [1.29, 1.82) is 0 Å². The highest BCUT2D eigenvalue weighted by Gasteiger charge is 2.30. The van der Waals surface area contributed by atoms with Gasteiger partial charge in [0, 0.05) is 12.6 Å². The van der Waals surface area contributed by atoms with Crippen LogP contribution in [0.3, 0.4) is 0 Å². The number of rotatable bonds is 5.